The molecule has 2 N–H and O–H groups in total. The maximum atomic E-state index is 9.03. The van der Waals surface area contributed by atoms with E-state index in [-0.39, 0.29) is 6.61 Å². The summed E-state index contributed by atoms with van der Waals surface area (Å²) in [5, 5.41) is 18.0. The van der Waals surface area contributed by atoms with Gasteiger partial charge in [-0.05, 0) is 12.8 Å². The van der Waals surface area contributed by atoms with Gasteiger partial charge < -0.3 is 14.9 Å². The van der Waals surface area contributed by atoms with Gasteiger partial charge in [0.25, 0.3) is 0 Å². The molecule has 0 radical (unpaired) electrons. The minimum atomic E-state index is -0.674. The first-order valence-electron chi connectivity index (χ1n) is 3.24. The van der Waals surface area contributed by atoms with Crippen LogP contribution in [-0.4, -0.2) is 35.6 Å². The number of ether oxygens (including phenoxy) is 1. The van der Waals surface area contributed by atoms with E-state index >= 15 is 0 Å². The van der Waals surface area contributed by atoms with Crippen LogP contribution in [0.25, 0.3) is 0 Å². The molecule has 0 spiro atoms. The SMILES string of the molecule is OC1CCCOCC1O. The lowest BCUT2D eigenvalue weighted by atomic mass is 10.1. The Morgan fingerprint density at radius 2 is 2.00 bits per heavy atom. The van der Waals surface area contributed by atoms with Gasteiger partial charge in [0.1, 0.15) is 6.10 Å². The fourth-order valence-corrected chi connectivity index (χ4v) is 0.902. The molecule has 0 aromatic heterocycles. The molecule has 0 saturated carbocycles. The Labute approximate surface area is 54.3 Å². The van der Waals surface area contributed by atoms with E-state index in [1.54, 1.807) is 0 Å². The Kier molecular flexibility index (Phi) is 2.45. The fourth-order valence-electron chi connectivity index (χ4n) is 0.902. The molecular weight excluding hydrogens is 120 g/mol. The van der Waals surface area contributed by atoms with Crippen molar-refractivity contribution < 1.29 is 14.9 Å². The van der Waals surface area contributed by atoms with Crippen LogP contribution in [0.1, 0.15) is 12.8 Å². The van der Waals surface area contributed by atoms with E-state index in [1.165, 1.54) is 0 Å². The summed E-state index contributed by atoms with van der Waals surface area (Å²) in [6.45, 7) is 0.940. The second-order valence-electron chi connectivity index (χ2n) is 2.35. The van der Waals surface area contributed by atoms with E-state index in [4.69, 9.17) is 14.9 Å². The average Bonchev–Trinajstić information content (AvgIpc) is 1.99. The molecule has 0 aromatic rings. The van der Waals surface area contributed by atoms with Gasteiger partial charge >= 0.3 is 0 Å². The van der Waals surface area contributed by atoms with Gasteiger partial charge in [0.05, 0.1) is 12.7 Å². The third-order valence-electron chi connectivity index (χ3n) is 1.52. The van der Waals surface area contributed by atoms with Crippen LogP contribution in [0.2, 0.25) is 0 Å². The molecule has 2 unspecified atom stereocenters. The molecule has 1 aliphatic rings. The molecule has 1 fully saturated rings. The van der Waals surface area contributed by atoms with Crippen LogP contribution >= 0.6 is 0 Å². The van der Waals surface area contributed by atoms with Crippen molar-refractivity contribution in [2.75, 3.05) is 13.2 Å². The molecule has 1 saturated heterocycles. The molecule has 54 valence electrons. The van der Waals surface area contributed by atoms with Crippen LogP contribution in [0.3, 0.4) is 0 Å². The van der Waals surface area contributed by atoms with Gasteiger partial charge in [-0.3, -0.25) is 0 Å². The summed E-state index contributed by atoms with van der Waals surface area (Å²) in [5.74, 6) is 0. The van der Waals surface area contributed by atoms with Gasteiger partial charge in [0.2, 0.25) is 0 Å². The van der Waals surface area contributed by atoms with Crippen LogP contribution < -0.4 is 0 Å². The molecule has 1 heterocycles. The second-order valence-corrected chi connectivity index (χ2v) is 2.35. The number of aliphatic hydroxyl groups excluding tert-OH is 2. The highest BCUT2D eigenvalue weighted by molar-refractivity contribution is 4.68. The van der Waals surface area contributed by atoms with E-state index < -0.39 is 12.2 Å². The second kappa shape index (κ2) is 3.15. The van der Waals surface area contributed by atoms with Crippen molar-refractivity contribution in [1.82, 2.24) is 0 Å². The van der Waals surface area contributed by atoms with E-state index in [0.29, 0.717) is 13.0 Å². The highest BCUT2D eigenvalue weighted by atomic mass is 16.5. The lowest BCUT2D eigenvalue weighted by molar-refractivity contribution is -0.0173. The van der Waals surface area contributed by atoms with Crippen LogP contribution in [-0.2, 0) is 4.74 Å². The number of hydrogen-bond donors (Lipinski definition) is 2. The first-order chi connectivity index (χ1) is 4.30. The smallest absolute Gasteiger partial charge is 0.103 e. The average molecular weight is 132 g/mol. The zero-order valence-corrected chi connectivity index (χ0v) is 5.29. The Balaban J connectivity index is 2.32. The van der Waals surface area contributed by atoms with E-state index in [2.05, 4.69) is 0 Å². The quantitative estimate of drug-likeness (QED) is 0.468. The summed E-state index contributed by atoms with van der Waals surface area (Å²) in [4.78, 5) is 0. The van der Waals surface area contributed by atoms with Crippen molar-refractivity contribution in [3.05, 3.63) is 0 Å². The molecule has 0 aliphatic carbocycles. The molecule has 1 rings (SSSR count). The van der Waals surface area contributed by atoms with Crippen LogP contribution in [0.4, 0.5) is 0 Å². The lowest BCUT2D eigenvalue weighted by Gasteiger charge is -2.11. The van der Waals surface area contributed by atoms with Crippen molar-refractivity contribution in [2.24, 2.45) is 0 Å². The standard InChI is InChI=1S/C6H12O3/c7-5-2-1-3-9-4-6(5)8/h5-8H,1-4H2. The van der Waals surface area contributed by atoms with Crippen molar-refractivity contribution >= 4 is 0 Å². The maximum Gasteiger partial charge on any atom is 0.103 e. The first kappa shape index (κ1) is 6.99. The van der Waals surface area contributed by atoms with E-state index in [1.807, 2.05) is 0 Å². The van der Waals surface area contributed by atoms with Gasteiger partial charge in [0, 0.05) is 6.61 Å². The summed E-state index contributed by atoms with van der Waals surface area (Å²) >= 11 is 0. The summed E-state index contributed by atoms with van der Waals surface area (Å²) in [5.41, 5.74) is 0. The van der Waals surface area contributed by atoms with E-state index in [0.717, 1.165) is 6.42 Å². The number of aliphatic hydroxyl groups is 2. The van der Waals surface area contributed by atoms with Crippen molar-refractivity contribution in [3.8, 4) is 0 Å². The summed E-state index contributed by atoms with van der Waals surface area (Å²) < 4.78 is 4.97. The van der Waals surface area contributed by atoms with Gasteiger partial charge in [-0.25, -0.2) is 0 Å². The van der Waals surface area contributed by atoms with Gasteiger partial charge in [-0.2, -0.15) is 0 Å². The third-order valence-corrected chi connectivity index (χ3v) is 1.52. The predicted octanol–water partition coefficient (Wildman–Crippen LogP) is -0.481. The largest absolute Gasteiger partial charge is 0.390 e. The third kappa shape index (κ3) is 1.93. The Hall–Kier alpha value is -0.120. The predicted molar refractivity (Wildman–Crippen MR) is 32.1 cm³/mol. The molecule has 2 atom stereocenters. The Morgan fingerprint density at radius 1 is 1.22 bits per heavy atom. The van der Waals surface area contributed by atoms with Crippen molar-refractivity contribution in [1.29, 1.82) is 0 Å². The van der Waals surface area contributed by atoms with Gasteiger partial charge in [-0.15, -0.1) is 0 Å². The Morgan fingerprint density at radius 3 is 2.78 bits per heavy atom. The van der Waals surface area contributed by atoms with Crippen LogP contribution in [0, 0.1) is 0 Å². The molecule has 0 bridgehead atoms. The van der Waals surface area contributed by atoms with Crippen LogP contribution in [0.15, 0.2) is 0 Å². The summed E-state index contributed by atoms with van der Waals surface area (Å²) in [7, 11) is 0. The fraction of sp³-hybridized carbons (Fsp3) is 1.00. The maximum absolute atomic E-state index is 9.03. The van der Waals surface area contributed by atoms with Gasteiger partial charge in [-0.1, -0.05) is 0 Å². The highest BCUT2D eigenvalue weighted by Crippen LogP contribution is 2.07. The first-order valence-corrected chi connectivity index (χ1v) is 3.24. The topological polar surface area (TPSA) is 49.7 Å². The number of hydrogen-bond acceptors (Lipinski definition) is 3. The zero-order valence-electron chi connectivity index (χ0n) is 5.29. The minimum Gasteiger partial charge on any atom is -0.390 e. The van der Waals surface area contributed by atoms with Crippen molar-refractivity contribution in [2.45, 2.75) is 25.0 Å². The van der Waals surface area contributed by atoms with E-state index in [9.17, 15) is 0 Å². The van der Waals surface area contributed by atoms with Crippen molar-refractivity contribution in [3.63, 3.8) is 0 Å². The monoisotopic (exact) mass is 132 g/mol. The van der Waals surface area contributed by atoms with Gasteiger partial charge in [0.15, 0.2) is 0 Å². The summed E-state index contributed by atoms with van der Waals surface area (Å²) in [6.07, 6.45) is 0.249. The Bertz CT molecular complexity index is 74.4. The molecule has 0 aromatic carbocycles. The lowest BCUT2D eigenvalue weighted by Crippen LogP contribution is -2.27. The molecule has 9 heavy (non-hydrogen) atoms. The normalized spacial score (nSPS) is 38.0. The molecule has 1 aliphatic heterocycles. The highest BCUT2D eigenvalue weighted by Gasteiger charge is 2.18. The van der Waals surface area contributed by atoms with Crippen LogP contribution in [0.5, 0.6) is 0 Å². The molecule has 0 amide bonds. The molecular formula is C6H12O3. The molecule has 3 heteroatoms. The molecule has 3 nitrogen and oxygen atoms in total. The minimum absolute atomic E-state index is 0.279. The number of rotatable bonds is 0. The summed E-state index contributed by atoms with van der Waals surface area (Å²) in [6, 6.07) is 0. The zero-order chi connectivity index (χ0) is 6.69.